The summed E-state index contributed by atoms with van der Waals surface area (Å²) < 4.78 is 5.28. The summed E-state index contributed by atoms with van der Waals surface area (Å²) in [7, 11) is 0. The van der Waals surface area contributed by atoms with Gasteiger partial charge in [0.2, 0.25) is 0 Å². The first kappa shape index (κ1) is 13.3. The van der Waals surface area contributed by atoms with Gasteiger partial charge >= 0.3 is 6.09 Å². The summed E-state index contributed by atoms with van der Waals surface area (Å²) in [5.74, 6) is 0. The van der Waals surface area contributed by atoms with Crippen molar-refractivity contribution < 1.29 is 14.6 Å². The summed E-state index contributed by atoms with van der Waals surface area (Å²) in [6, 6.07) is -0.477. The molecule has 1 rings (SSSR count). The highest BCUT2D eigenvalue weighted by atomic mass is 16.6. The zero-order valence-corrected chi connectivity index (χ0v) is 10.3. The van der Waals surface area contributed by atoms with Gasteiger partial charge in [-0.15, -0.1) is 0 Å². The second-order valence-electron chi connectivity index (χ2n) is 5.23. The highest BCUT2D eigenvalue weighted by molar-refractivity contribution is 5.68. The smallest absolute Gasteiger partial charge is 0.410 e. The van der Waals surface area contributed by atoms with Crippen molar-refractivity contribution in [3.05, 3.63) is 0 Å². The fourth-order valence-electron chi connectivity index (χ4n) is 1.87. The number of carbonyl (C=O) groups is 1. The van der Waals surface area contributed by atoms with Crippen LogP contribution in [0.2, 0.25) is 0 Å². The van der Waals surface area contributed by atoms with Gasteiger partial charge in [0.1, 0.15) is 5.60 Å². The van der Waals surface area contributed by atoms with E-state index in [9.17, 15) is 9.90 Å². The lowest BCUT2D eigenvalue weighted by atomic mass is 9.98. The maximum atomic E-state index is 11.9. The van der Waals surface area contributed by atoms with Gasteiger partial charge in [-0.3, -0.25) is 0 Å². The molecule has 5 heteroatoms. The molecule has 1 aliphatic heterocycles. The Kier molecular flexibility index (Phi) is 4.15. The van der Waals surface area contributed by atoms with Gasteiger partial charge in [0, 0.05) is 12.6 Å². The highest BCUT2D eigenvalue weighted by Crippen LogP contribution is 2.19. The highest BCUT2D eigenvalue weighted by Gasteiger charge is 2.34. The first-order chi connectivity index (χ1) is 7.35. The van der Waals surface area contributed by atoms with E-state index >= 15 is 0 Å². The largest absolute Gasteiger partial charge is 0.444 e. The lowest BCUT2D eigenvalue weighted by Gasteiger charge is -2.39. The molecule has 0 radical (unpaired) electrons. The summed E-state index contributed by atoms with van der Waals surface area (Å²) in [4.78, 5) is 13.4. The van der Waals surface area contributed by atoms with Gasteiger partial charge in [-0.2, -0.15) is 0 Å². The monoisotopic (exact) mass is 230 g/mol. The molecule has 0 spiro atoms. The van der Waals surface area contributed by atoms with Gasteiger partial charge in [0.15, 0.2) is 0 Å². The molecular weight excluding hydrogens is 208 g/mol. The molecule has 0 aliphatic carbocycles. The van der Waals surface area contributed by atoms with E-state index < -0.39 is 5.60 Å². The third kappa shape index (κ3) is 3.35. The van der Waals surface area contributed by atoms with Crippen LogP contribution in [-0.4, -0.2) is 46.9 Å². The number of nitrogens with zero attached hydrogens (tertiary/aromatic N) is 1. The summed E-state index contributed by atoms with van der Waals surface area (Å²) >= 11 is 0. The molecule has 0 saturated carbocycles. The quantitative estimate of drug-likeness (QED) is 0.695. The van der Waals surface area contributed by atoms with Crippen LogP contribution in [0.3, 0.4) is 0 Å². The summed E-state index contributed by atoms with van der Waals surface area (Å²) in [5, 5.41) is 9.25. The molecular formula is C11H22N2O3. The van der Waals surface area contributed by atoms with Crippen molar-refractivity contribution in [2.75, 3.05) is 13.2 Å². The van der Waals surface area contributed by atoms with Crippen LogP contribution in [0, 0.1) is 0 Å². The van der Waals surface area contributed by atoms with Crippen molar-refractivity contribution >= 4 is 6.09 Å². The van der Waals surface area contributed by atoms with E-state index in [2.05, 4.69) is 0 Å². The van der Waals surface area contributed by atoms with Crippen molar-refractivity contribution in [1.82, 2.24) is 4.90 Å². The molecule has 0 aromatic carbocycles. The Balaban J connectivity index is 2.66. The van der Waals surface area contributed by atoms with Crippen LogP contribution < -0.4 is 5.73 Å². The zero-order valence-electron chi connectivity index (χ0n) is 10.3. The van der Waals surface area contributed by atoms with Gasteiger partial charge in [-0.25, -0.2) is 4.79 Å². The van der Waals surface area contributed by atoms with Gasteiger partial charge in [-0.1, -0.05) is 0 Å². The molecule has 0 aromatic heterocycles. The van der Waals surface area contributed by atoms with E-state index in [1.807, 2.05) is 20.8 Å². The Morgan fingerprint density at radius 2 is 2.19 bits per heavy atom. The average Bonchev–Trinajstić information content (AvgIpc) is 2.14. The van der Waals surface area contributed by atoms with Crippen LogP contribution >= 0.6 is 0 Å². The normalized spacial score (nSPS) is 26.7. The minimum Gasteiger partial charge on any atom is -0.444 e. The van der Waals surface area contributed by atoms with Crippen LogP contribution in [-0.2, 0) is 4.74 Å². The number of carbonyl (C=O) groups excluding carboxylic acids is 1. The zero-order chi connectivity index (χ0) is 12.3. The first-order valence-electron chi connectivity index (χ1n) is 5.71. The number of amides is 1. The minimum absolute atomic E-state index is 0.111. The number of hydrogen-bond donors (Lipinski definition) is 2. The molecule has 94 valence electrons. The van der Waals surface area contributed by atoms with Gasteiger partial charge in [0.05, 0.1) is 12.6 Å². The molecule has 1 heterocycles. The van der Waals surface area contributed by atoms with Gasteiger partial charge in [0.25, 0.3) is 0 Å². The number of piperidine rings is 1. The third-order valence-electron chi connectivity index (χ3n) is 2.65. The molecule has 5 nitrogen and oxygen atoms in total. The van der Waals surface area contributed by atoms with E-state index in [0.717, 1.165) is 12.8 Å². The Hall–Kier alpha value is -0.810. The van der Waals surface area contributed by atoms with Crippen LogP contribution in [0.5, 0.6) is 0 Å². The number of rotatable bonds is 1. The molecule has 0 bridgehead atoms. The topological polar surface area (TPSA) is 75.8 Å². The predicted octanol–water partition coefficient (Wildman–Crippen LogP) is 0.706. The van der Waals surface area contributed by atoms with E-state index in [4.69, 9.17) is 10.5 Å². The van der Waals surface area contributed by atoms with Gasteiger partial charge < -0.3 is 20.5 Å². The number of aliphatic hydroxyl groups is 1. The Labute approximate surface area is 96.6 Å². The van der Waals surface area contributed by atoms with E-state index in [-0.39, 0.29) is 24.8 Å². The molecule has 0 unspecified atom stereocenters. The van der Waals surface area contributed by atoms with Gasteiger partial charge in [-0.05, 0) is 33.6 Å². The maximum absolute atomic E-state index is 11.9. The Bertz CT molecular complexity index is 250. The molecule has 2 atom stereocenters. The lowest BCUT2D eigenvalue weighted by Crippen LogP contribution is -2.56. The van der Waals surface area contributed by atoms with Crippen LogP contribution in [0.25, 0.3) is 0 Å². The Morgan fingerprint density at radius 3 is 2.69 bits per heavy atom. The summed E-state index contributed by atoms with van der Waals surface area (Å²) in [5.41, 5.74) is 5.36. The lowest BCUT2D eigenvalue weighted by molar-refractivity contribution is -0.00210. The van der Waals surface area contributed by atoms with Crippen molar-refractivity contribution in [2.24, 2.45) is 5.73 Å². The number of hydrogen-bond acceptors (Lipinski definition) is 4. The number of ether oxygens (including phenoxy) is 1. The molecule has 1 aliphatic rings. The number of nitrogens with two attached hydrogens (primary N) is 1. The molecule has 0 aromatic rings. The second-order valence-corrected chi connectivity index (χ2v) is 5.23. The molecule has 3 N–H and O–H groups in total. The van der Waals surface area contributed by atoms with E-state index in [1.165, 1.54) is 0 Å². The summed E-state index contributed by atoms with van der Waals surface area (Å²) in [6.45, 7) is 5.96. The van der Waals surface area contributed by atoms with E-state index in [1.54, 1.807) is 4.90 Å². The van der Waals surface area contributed by atoms with Crippen LogP contribution in [0.15, 0.2) is 0 Å². The molecule has 1 fully saturated rings. The fraction of sp³-hybridized carbons (Fsp3) is 0.909. The van der Waals surface area contributed by atoms with Crippen LogP contribution in [0.1, 0.15) is 33.6 Å². The molecule has 1 saturated heterocycles. The fourth-order valence-corrected chi connectivity index (χ4v) is 1.87. The van der Waals surface area contributed by atoms with Crippen molar-refractivity contribution in [2.45, 2.75) is 51.3 Å². The molecule has 1 amide bonds. The maximum Gasteiger partial charge on any atom is 0.410 e. The SMILES string of the molecule is CC(C)(C)OC(=O)N1CCC[C@H](N)[C@@H]1CO. The molecule has 16 heavy (non-hydrogen) atoms. The Morgan fingerprint density at radius 1 is 1.56 bits per heavy atom. The van der Waals surface area contributed by atoms with Crippen molar-refractivity contribution in [3.8, 4) is 0 Å². The predicted molar refractivity (Wildman–Crippen MR) is 61.0 cm³/mol. The third-order valence-corrected chi connectivity index (χ3v) is 2.65. The first-order valence-corrected chi connectivity index (χ1v) is 5.71. The van der Waals surface area contributed by atoms with Crippen molar-refractivity contribution in [1.29, 1.82) is 0 Å². The van der Waals surface area contributed by atoms with Crippen LogP contribution in [0.4, 0.5) is 4.79 Å². The van der Waals surface area contributed by atoms with Crippen molar-refractivity contribution in [3.63, 3.8) is 0 Å². The summed E-state index contributed by atoms with van der Waals surface area (Å²) in [6.07, 6.45) is 1.31. The number of likely N-dealkylation sites (tertiary alicyclic amines) is 1. The second kappa shape index (κ2) is 5.01. The van der Waals surface area contributed by atoms with E-state index in [0.29, 0.717) is 6.54 Å². The standard InChI is InChI=1S/C11H22N2O3/c1-11(2,3)16-10(15)13-6-4-5-8(12)9(13)7-14/h8-9,14H,4-7,12H2,1-3H3/t8-,9-/m0/s1. The number of aliphatic hydroxyl groups excluding tert-OH is 1. The average molecular weight is 230 g/mol. The minimum atomic E-state index is -0.515.